The quantitative estimate of drug-likeness (QED) is 0.838. The minimum absolute atomic E-state index is 0.0787. The van der Waals surface area contributed by atoms with Gasteiger partial charge in [-0.3, -0.25) is 14.7 Å². The molecule has 2 saturated heterocycles. The van der Waals surface area contributed by atoms with Crippen molar-refractivity contribution >= 4 is 11.7 Å². The molecule has 2 aliphatic heterocycles. The summed E-state index contributed by atoms with van der Waals surface area (Å²) in [6.45, 7) is 6.49. The van der Waals surface area contributed by atoms with Crippen molar-refractivity contribution in [2.45, 2.75) is 45.2 Å². The van der Waals surface area contributed by atoms with Gasteiger partial charge >= 0.3 is 0 Å². The first-order valence-corrected chi connectivity index (χ1v) is 10.6. The third kappa shape index (κ3) is 5.09. The molecule has 7 heteroatoms. The first kappa shape index (κ1) is 19.8. The Bertz CT molecular complexity index is 806. The highest BCUT2D eigenvalue weighted by Crippen LogP contribution is 2.26. The zero-order valence-corrected chi connectivity index (χ0v) is 17.1. The van der Waals surface area contributed by atoms with Crippen LogP contribution in [0.15, 0.2) is 36.8 Å². The number of amides is 1. The summed E-state index contributed by atoms with van der Waals surface area (Å²) in [7, 11) is 0. The largest absolute Gasteiger partial charge is 0.356 e. The normalized spacial score (nSPS) is 21.1. The number of likely N-dealkylation sites (tertiary alicyclic amines) is 1. The van der Waals surface area contributed by atoms with Gasteiger partial charge in [0, 0.05) is 43.6 Å². The molecular weight excluding hydrogens is 364 g/mol. The van der Waals surface area contributed by atoms with Crippen molar-refractivity contribution in [3.05, 3.63) is 48.2 Å². The monoisotopic (exact) mass is 394 g/mol. The fraction of sp³-hybridized carbons (Fsp3) is 0.545. The predicted molar refractivity (Wildman–Crippen MR) is 112 cm³/mol. The summed E-state index contributed by atoms with van der Waals surface area (Å²) in [5.74, 6) is 1.27. The number of nitrogens with one attached hydrogen (secondary N) is 1. The molecule has 0 aromatic carbocycles. The molecule has 1 atom stereocenters. The van der Waals surface area contributed by atoms with Crippen LogP contribution in [0.4, 0.5) is 5.82 Å². The number of rotatable bonds is 5. The molecular formula is C22H30N6O. The van der Waals surface area contributed by atoms with Crippen molar-refractivity contribution in [3.63, 3.8) is 0 Å². The van der Waals surface area contributed by atoms with Gasteiger partial charge in [0.25, 0.3) is 0 Å². The molecule has 2 aliphatic rings. The van der Waals surface area contributed by atoms with E-state index < -0.39 is 0 Å². The van der Waals surface area contributed by atoms with Gasteiger partial charge in [-0.1, -0.05) is 6.07 Å². The van der Waals surface area contributed by atoms with Gasteiger partial charge in [-0.05, 0) is 51.3 Å². The first-order valence-electron chi connectivity index (χ1n) is 10.6. The molecule has 0 aliphatic carbocycles. The molecule has 4 rings (SSSR count). The van der Waals surface area contributed by atoms with E-state index in [2.05, 4.69) is 36.1 Å². The van der Waals surface area contributed by atoms with Crippen LogP contribution in [-0.4, -0.2) is 58.0 Å². The van der Waals surface area contributed by atoms with Gasteiger partial charge in [-0.25, -0.2) is 9.97 Å². The minimum atomic E-state index is 0.0787. The van der Waals surface area contributed by atoms with E-state index >= 15 is 0 Å². The van der Waals surface area contributed by atoms with Crippen molar-refractivity contribution in [1.82, 2.24) is 25.2 Å². The lowest BCUT2D eigenvalue weighted by molar-refractivity contribution is -0.127. The van der Waals surface area contributed by atoms with Crippen LogP contribution in [0.5, 0.6) is 0 Å². The number of aromatic nitrogens is 3. The maximum atomic E-state index is 12.7. The van der Waals surface area contributed by atoms with Crippen LogP contribution >= 0.6 is 0 Å². The molecule has 1 N–H and O–H groups in total. The summed E-state index contributed by atoms with van der Waals surface area (Å²) in [5, 5.41) is 3.08. The zero-order chi connectivity index (χ0) is 20.1. The van der Waals surface area contributed by atoms with Gasteiger partial charge < -0.3 is 10.2 Å². The highest BCUT2D eigenvalue weighted by Gasteiger charge is 2.31. The number of nitrogens with zero attached hydrogens (tertiary/aromatic N) is 5. The molecule has 29 heavy (non-hydrogen) atoms. The molecule has 154 valence electrons. The number of pyridine rings is 1. The third-order valence-electron chi connectivity index (χ3n) is 6.09. The van der Waals surface area contributed by atoms with E-state index in [-0.39, 0.29) is 11.8 Å². The smallest absolute Gasteiger partial charge is 0.224 e. The summed E-state index contributed by atoms with van der Waals surface area (Å²) in [5.41, 5.74) is 1.91. The number of hydrogen-bond acceptors (Lipinski definition) is 6. The Morgan fingerprint density at radius 2 is 2.00 bits per heavy atom. The Morgan fingerprint density at radius 1 is 1.14 bits per heavy atom. The Morgan fingerprint density at radius 3 is 2.76 bits per heavy atom. The van der Waals surface area contributed by atoms with Gasteiger partial charge in [0.15, 0.2) is 0 Å². The van der Waals surface area contributed by atoms with Crippen LogP contribution in [0.3, 0.4) is 0 Å². The molecule has 0 spiro atoms. The van der Waals surface area contributed by atoms with Crippen LogP contribution in [0.25, 0.3) is 0 Å². The number of aryl methyl sites for hydroxylation is 1. The fourth-order valence-electron chi connectivity index (χ4n) is 4.45. The number of piperidine rings is 2. The first-order chi connectivity index (χ1) is 14.2. The molecule has 7 nitrogen and oxygen atoms in total. The lowest BCUT2D eigenvalue weighted by Crippen LogP contribution is -2.51. The van der Waals surface area contributed by atoms with Gasteiger partial charge in [0.2, 0.25) is 5.91 Å². The van der Waals surface area contributed by atoms with Gasteiger partial charge in [0.1, 0.15) is 12.1 Å². The van der Waals surface area contributed by atoms with E-state index in [1.54, 1.807) is 12.5 Å². The summed E-state index contributed by atoms with van der Waals surface area (Å²) < 4.78 is 0. The van der Waals surface area contributed by atoms with Crippen molar-refractivity contribution < 1.29 is 4.79 Å². The molecule has 0 radical (unpaired) electrons. The second kappa shape index (κ2) is 9.31. The van der Waals surface area contributed by atoms with Gasteiger partial charge in [-0.2, -0.15) is 0 Å². The number of carbonyl (C=O) groups excluding carboxylic acids is 1. The van der Waals surface area contributed by atoms with Crippen LogP contribution in [0.2, 0.25) is 0 Å². The zero-order valence-electron chi connectivity index (χ0n) is 17.1. The van der Waals surface area contributed by atoms with E-state index in [4.69, 9.17) is 0 Å². The van der Waals surface area contributed by atoms with E-state index in [1.807, 2.05) is 25.1 Å². The summed E-state index contributed by atoms with van der Waals surface area (Å²) in [4.78, 5) is 30.5. The second-order valence-electron chi connectivity index (χ2n) is 8.11. The van der Waals surface area contributed by atoms with Gasteiger partial charge in [-0.15, -0.1) is 0 Å². The Labute approximate surface area is 172 Å². The van der Waals surface area contributed by atoms with Gasteiger partial charge in [0.05, 0.1) is 18.2 Å². The molecule has 1 unspecified atom stereocenters. The molecule has 2 fully saturated rings. The third-order valence-corrected chi connectivity index (χ3v) is 6.09. The summed E-state index contributed by atoms with van der Waals surface area (Å²) in [6, 6.07) is 8.40. The fourth-order valence-corrected chi connectivity index (χ4v) is 4.45. The lowest BCUT2D eigenvalue weighted by Gasteiger charge is -2.42. The van der Waals surface area contributed by atoms with Crippen LogP contribution in [0, 0.1) is 12.8 Å². The molecule has 1 amide bonds. The summed E-state index contributed by atoms with van der Waals surface area (Å²) >= 11 is 0. The van der Waals surface area contributed by atoms with Crippen LogP contribution < -0.4 is 10.2 Å². The highest BCUT2D eigenvalue weighted by atomic mass is 16.1. The van der Waals surface area contributed by atoms with E-state index in [0.29, 0.717) is 12.6 Å². The average molecular weight is 395 g/mol. The average Bonchev–Trinajstić information content (AvgIpc) is 2.78. The standard InChI is InChI=1S/C22H30N6O/c1-17-13-21(26-16-25-17)27-11-7-20(8-12-27)28-10-4-5-18(15-28)22(29)24-14-19-6-2-3-9-23-19/h2-3,6,9,13,16,18,20H,4-5,7-8,10-12,14-15H2,1H3,(H,24,29). The Kier molecular flexibility index (Phi) is 6.34. The Balaban J connectivity index is 1.27. The highest BCUT2D eigenvalue weighted by molar-refractivity contribution is 5.78. The number of anilines is 1. The van der Waals surface area contributed by atoms with Crippen molar-refractivity contribution in [1.29, 1.82) is 0 Å². The minimum Gasteiger partial charge on any atom is -0.356 e. The maximum Gasteiger partial charge on any atom is 0.224 e. The Hall–Kier alpha value is -2.54. The van der Waals surface area contributed by atoms with E-state index in [1.165, 1.54) is 0 Å². The predicted octanol–water partition coefficient (Wildman–Crippen LogP) is 2.18. The summed E-state index contributed by atoms with van der Waals surface area (Å²) in [6.07, 6.45) is 7.71. The topological polar surface area (TPSA) is 74.2 Å². The van der Waals surface area contributed by atoms with E-state index in [9.17, 15) is 4.79 Å². The number of carbonyl (C=O) groups is 1. The van der Waals surface area contributed by atoms with Crippen molar-refractivity contribution in [2.75, 3.05) is 31.1 Å². The van der Waals surface area contributed by atoms with Crippen LogP contribution in [0.1, 0.15) is 37.1 Å². The van der Waals surface area contributed by atoms with Crippen molar-refractivity contribution in [2.24, 2.45) is 5.92 Å². The molecule has 2 aromatic heterocycles. The molecule has 4 heterocycles. The molecule has 0 bridgehead atoms. The second-order valence-corrected chi connectivity index (χ2v) is 8.11. The number of hydrogen-bond donors (Lipinski definition) is 1. The van der Waals surface area contributed by atoms with Crippen LogP contribution in [-0.2, 0) is 11.3 Å². The molecule has 0 saturated carbocycles. The maximum absolute atomic E-state index is 12.7. The lowest BCUT2D eigenvalue weighted by atomic mass is 9.93. The SMILES string of the molecule is Cc1cc(N2CCC(N3CCCC(C(=O)NCc4ccccn4)C3)CC2)ncn1. The van der Waals surface area contributed by atoms with E-state index in [0.717, 1.165) is 69.1 Å². The van der Waals surface area contributed by atoms with Crippen molar-refractivity contribution in [3.8, 4) is 0 Å². The molecule has 2 aromatic rings.